The molecule has 0 fully saturated rings. The van der Waals surface area contributed by atoms with Crippen molar-refractivity contribution in [2.75, 3.05) is 40.8 Å². The summed E-state index contributed by atoms with van der Waals surface area (Å²) in [5, 5.41) is 0. The number of ketones is 1. The second-order valence-electron chi connectivity index (χ2n) is 5.15. The number of hydrogen-bond acceptors (Lipinski definition) is 4. The lowest BCUT2D eigenvalue weighted by atomic mass is 10.1. The molecule has 5 heteroatoms. The normalized spacial score (nSPS) is 10.5. The molecule has 0 heterocycles. The zero-order chi connectivity index (χ0) is 15.8. The molecule has 0 radical (unpaired) electrons. The van der Waals surface area contributed by atoms with Crippen LogP contribution in [0.2, 0.25) is 0 Å². The van der Waals surface area contributed by atoms with E-state index in [1.165, 1.54) is 0 Å². The first-order valence-corrected chi connectivity index (χ1v) is 7.07. The monoisotopic (exact) mass is 292 g/mol. The summed E-state index contributed by atoms with van der Waals surface area (Å²) in [6.45, 7) is 3.25. The van der Waals surface area contributed by atoms with Crippen LogP contribution in [-0.2, 0) is 4.79 Å². The number of carbonyl (C=O) groups excluding carboxylic acids is 2. The van der Waals surface area contributed by atoms with E-state index >= 15 is 0 Å². The Kier molecular flexibility index (Phi) is 6.88. The third-order valence-electron chi connectivity index (χ3n) is 3.16. The molecule has 5 nitrogen and oxygen atoms in total. The summed E-state index contributed by atoms with van der Waals surface area (Å²) >= 11 is 0. The van der Waals surface area contributed by atoms with E-state index in [9.17, 15) is 9.59 Å². The molecule has 0 aromatic heterocycles. The van der Waals surface area contributed by atoms with Gasteiger partial charge in [0, 0.05) is 19.7 Å². The van der Waals surface area contributed by atoms with Crippen molar-refractivity contribution < 1.29 is 14.3 Å². The van der Waals surface area contributed by atoms with E-state index in [2.05, 4.69) is 0 Å². The minimum atomic E-state index is -0.00564. The second-order valence-corrected chi connectivity index (χ2v) is 5.15. The molecule has 1 aromatic rings. The summed E-state index contributed by atoms with van der Waals surface area (Å²) in [6.07, 6.45) is 0.895. The van der Waals surface area contributed by atoms with Crippen LogP contribution in [0, 0.1) is 0 Å². The van der Waals surface area contributed by atoms with Gasteiger partial charge in [-0.25, -0.2) is 0 Å². The summed E-state index contributed by atoms with van der Waals surface area (Å²) in [5.41, 5.74) is 0.604. The molecule has 1 amide bonds. The van der Waals surface area contributed by atoms with E-state index in [1.54, 1.807) is 50.4 Å². The highest BCUT2D eigenvalue weighted by Crippen LogP contribution is 2.13. The second kappa shape index (κ2) is 8.42. The van der Waals surface area contributed by atoms with Crippen molar-refractivity contribution in [2.24, 2.45) is 0 Å². The molecule has 0 unspecified atom stereocenters. The molecule has 21 heavy (non-hydrogen) atoms. The highest BCUT2D eigenvalue weighted by atomic mass is 16.5. The van der Waals surface area contributed by atoms with Gasteiger partial charge < -0.3 is 9.64 Å². The number of amides is 1. The first-order valence-electron chi connectivity index (χ1n) is 7.07. The molecule has 1 rings (SSSR count). The van der Waals surface area contributed by atoms with Crippen molar-refractivity contribution in [3.05, 3.63) is 29.8 Å². The van der Waals surface area contributed by atoms with Crippen LogP contribution in [-0.4, -0.2) is 62.3 Å². The Morgan fingerprint density at radius 3 is 2.48 bits per heavy atom. The minimum absolute atomic E-state index is 0.00175. The van der Waals surface area contributed by atoms with Gasteiger partial charge in [-0.3, -0.25) is 14.5 Å². The number of Topliss-reactive ketones (excluding diaryl/α,β-unsaturated/α-hetero) is 1. The molecular formula is C16H24N2O3. The number of methoxy groups -OCH3 is 1. The molecular weight excluding hydrogens is 268 g/mol. The van der Waals surface area contributed by atoms with Crippen LogP contribution < -0.4 is 4.74 Å². The third kappa shape index (κ3) is 5.55. The van der Waals surface area contributed by atoms with Gasteiger partial charge >= 0.3 is 0 Å². The smallest absolute Gasteiger partial charge is 0.236 e. The molecule has 0 aliphatic rings. The fourth-order valence-corrected chi connectivity index (χ4v) is 1.95. The summed E-state index contributed by atoms with van der Waals surface area (Å²) in [6, 6.07) is 7.08. The molecule has 0 saturated carbocycles. The highest BCUT2D eigenvalue weighted by Gasteiger charge is 2.16. The molecule has 0 N–H and O–H groups in total. The van der Waals surface area contributed by atoms with Crippen LogP contribution >= 0.6 is 0 Å². The Morgan fingerprint density at radius 1 is 1.19 bits per heavy atom. The van der Waals surface area contributed by atoms with Crippen molar-refractivity contribution in [2.45, 2.75) is 13.3 Å². The summed E-state index contributed by atoms with van der Waals surface area (Å²) < 4.78 is 5.13. The Labute approximate surface area is 126 Å². The van der Waals surface area contributed by atoms with Crippen LogP contribution in [0.5, 0.6) is 5.75 Å². The molecule has 0 atom stereocenters. The van der Waals surface area contributed by atoms with Gasteiger partial charge in [-0.2, -0.15) is 0 Å². The topological polar surface area (TPSA) is 49.9 Å². The number of benzene rings is 1. The lowest BCUT2D eigenvalue weighted by molar-refractivity contribution is -0.129. The van der Waals surface area contributed by atoms with E-state index in [0.717, 1.165) is 13.0 Å². The maximum Gasteiger partial charge on any atom is 0.236 e. The first-order chi connectivity index (χ1) is 9.97. The van der Waals surface area contributed by atoms with E-state index in [0.29, 0.717) is 11.3 Å². The molecule has 0 bridgehead atoms. The Hall–Kier alpha value is -1.88. The lowest BCUT2D eigenvalue weighted by Crippen LogP contribution is -2.39. The maximum absolute atomic E-state index is 12.3. The van der Waals surface area contributed by atoms with E-state index in [1.807, 2.05) is 11.8 Å². The standard InChI is InChI=1S/C16H24N2O3/c1-5-9-18(12-16(20)17(2)3)11-15(19)13-7-6-8-14(10-13)21-4/h6-8,10H,5,9,11-12H2,1-4H3. The van der Waals surface area contributed by atoms with Gasteiger partial charge in [0.15, 0.2) is 5.78 Å². The fraction of sp³-hybridized carbons (Fsp3) is 0.500. The fourth-order valence-electron chi connectivity index (χ4n) is 1.95. The van der Waals surface area contributed by atoms with Crippen LogP contribution in [0.1, 0.15) is 23.7 Å². The van der Waals surface area contributed by atoms with Gasteiger partial charge in [0.05, 0.1) is 20.2 Å². The largest absolute Gasteiger partial charge is 0.497 e. The van der Waals surface area contributed by atoms with Crippen molar-refractivity contribution in [3.8, 4) is 5.75 Å². The summed E-state index contributed by atoms with van der Waals surface area (Å²) in [4.78, 5) is 27.5. The van der Waals surface area contributed by atoms with Gasteiger partial charge in [-0.15, -0.1) is 0 Å². The Balaban J connectivity index is 2.73. The van der Waals surface area contributed by atoms with Gasteiger partial charge in [-0.1, -0.05) is 19.1 Å². The van der Waals surface area contributed by atoms with E-state index in [-0.39, 0.29) is 24.8 Å². The average molecular weight is 292 g/mol. The number of likely N-dealkylation sites (N-methyl/N-ethyl adjacent to an activating group) is 1. The molecule has 1 aromatic carbocycles. The molecule has 0 spiro atoms. The third-order valence-corrected chi connectivity index (χ3v) is 3.16. The maximum atomic E-state index is 12.3. The highest BCUT2D eigenvalue weighted by molar-refractivity contribution is 5.98. The summed E-state index contributed by atoms with van der Waals surface area (Å²) in [7, 11) is 5.01. The minimum Gasteiger partial charge on any atom is -0.497 e. The van der Waals surface area contributed by atoms with Crippen molar-refractivity contribution >= 4 is 11.7 Å². The van der Waals surface area contributed by atoms with Gasteiger partial charge in [0.1, 0.15) is 5.75 Å². The quantitative estimate of drug-likeness (QED) is 0.684. The number of rotatable bonds is 8. The molecule has 0 saturated heterocycles. The van der Waals surface area contributed by atoms with Gasteiger partial charge in [0.25, 0.3) is 0 Å². The first kappa shape index (κ1) is 17.2. The van der Waals surface area contributed by atoms with Crippen molar-refractivity contribution in [3.63, 3.8) is 0 Å². The zero-order valence-electron chi connectivity index (χ0n) is 13.3. The van der Waals surface area contributed by atoms with E-state index in [4.69, 9.17) is 4.74 Å². The average Bonchev–Trinajstić information content (AvgIpc) is 2.47. The van der Waals surface area contributed by atoms with Crippen LogP contribution in [0.3, 0.4) is 0 Å². The van der Waals surface area contributed by atoms with Crippen molar-refractivity contribution in [1.82, 2.24) is 9.80 Å². The summed E-state index contributed by atoms with van der Waals surface area (Å²) in [5.74, 6) is 0.656. The van der Waals surface area contributed by atoms with Crippen LogP contribution in [0.25, 0.3) is 0 Å². The predicted octanol–water partition coefficient (Wildman–Crippen LogP) is 1.68. The predicted molar refractivity (Wildman–Crippen MR) is 82.7 cm³/mol. The number of hydrogen-bond donors (Lipinski definition) is 0. The van der Waals surface area contributed by atoms with Crippen LogP contribution in [0.15, 0.2) is 24.3 Å². The van der Waals surface area contributed by atoms with E-state index < -0.39 is 0 Å². The zero-order valence-corrected chi connectivity index (χ0v) is 13.3. The SMILES string of the molecule is CCCN(CC(=O)c1cccc(OC)c1)CC(=O)N(C)C. The number of carbonyl (C=O) groups is 2. The molecule has 116 valence electrons. The number of ether oxygens (including phenoxy) is 1. The molecule has 0 aliphatic carbocycles. The number of nitrogens with zero attached hydrogens (tertiary/aromatic N) is 2. The lowest BCUT2D eigenvalue weighted by Gasteiger charge is -2.22. The van der Waals surface area contributed by atoms with Crippen LogP contribution in [0.4, 0.5) is 0 Å². The van der Waals surface area contributed by atoms with Gasteiger partial charge in [-0.05, 0) is 25.1 Å². The Morgan fingerprint density at radius 2 is 1.90 bits per heavy atom. The van der Waals surface area contributed by atoms with Crippen molar-refractivity contribution in [1.29, 1.82) is 0 Å². The van der Waals surface area contributed by atoms with Gasteiger partial charge in [0.2, 0.25) is 5.91 Å². The molecule has 0 aliphatic heterocycles. The Bertz CT molecular complexity index is 486.